The molecule has 0 spiro atoms. The molecule has 1 unspecified atom stereocenters. The summed E-state index contributed by atoms with van der Waals surface area (Å²) < 4.78 is 55.8. The number of piperazine rings is 1. The summed E-state index contributed by atoms with van der Waals surface area (Å²) in [5.74, 6) is 0.0526. The quantitative estimate of drug-likeness (QED) is 0.0951. The van der Waals surface area contributed by atoms with Crippen LogP contribution in [0.2, 0.25) is 0 Å². The standard InChI is InChI=1S/C46H47F3N6O5/c1-30-35-8-3-4-10-38(35)55(43(30)32-14-16-33(17-15-32)46(47,48)49)28-31-12-18-34(19-13-31)59-27-6-5-22-53-23-25-54(26-24-53)41(57)29-60-39-11-7-9-36-42(51-52(2)44(36)39)37-20-21-40(56)50-45(37)58/h3-4,7-19,37H,5-6,20-29H2,1-2H3,(H,50,56,58). The molecule has 14 heteroatoms. The number of rotatable bonds is 13. The number of hydrogen-bond donors (Lipinski definition) is 1. The Morgan fingerprint density at radius 2 is 1.60 bits per heavy atom. The number of hydrogen-bond acceptors (Lipinski definition) is 7. The lowest BCUT2D eigenvalue weighted by Crippen LogP contribution is -2.50. The molecule has 4 aromatic carbocycles. The second kappa shape index (κ2) is 17.2. The van der Waals surface area contributed by atoms with Crippen LogP contribution in [0.5, 0.6) is 11.5 Å². The Morgan fingerprint density at radius 1 is 0.867 bits per heavy atom. The topological polar surface area (TPSA) is 111 Å². The van der Waals surface area contributed by atoms with Crippen LogP contribution < -0.4 is 14.8 Å². The van der Waals surface area contributed by atoms with E-state index in [0.29, 0.717) is 49.6 Å². The Morgan fingerprint density at radius 3 is 2.33 bits per heavy atom. The van der Waals surface area contributed by atoms with Gasteiger partial charge in [0.25, 0.3) is 5.91 Å². The number of carbonyl (C=O) groups is 3. The van der Waals surface area contributed by atoms with Crippen molar-refractivity contribution >= 4 is 39.5 Å². The van der Waals surface area contributed by atoms with Gasteiger partial charge in [0, 0.05) is 62.5 Å². The summed E-state index contributed by atoms with van der Waals surface area (Å²) in [6.07, 6.45) is -1.90. The molecule has 312 valence electrons. The normalized spacial score (nSPS) is 16.4. The molecule has 11 nitrogen and oxygen atoms in total. The Labute approximate surface area is 345 Å². The van der Waals surface area contributed by atoms with Crippen molar-refractivity contribution in [2.24, 2.45) is 7.05 Å². The van der Waals surface area contributed by atoms with Crippen LogP contribution in [0.15, 0.2) is 91.0 Å². The maximum absolute atomic E-state index is 13.3. The van der Waals surface area contributed by atoms with E-state index in [0.717, 1.165) is 89.0 Å². The van der Waals surface area contributed by atoms with Crippen molar-refractivity contribution < 1.29 is 37.0 Å². The van der Waals surface area contributed by atoms with Crippen molar-refractivity contribution in [3.63, 3.8) is 0 Å². The van der Waals surface area contributed by atoms with Crippen molar-refractivity contribution in [2.75, 3.05) is 45.9 Å². The van der Waals surface area contributed by atoms with Crippen LogP contribution in [-0.2, 0) is 34.2 Å². The number of para-hydroxylation sites is 2. The van der Waals surface area contributed by atoms with Gasteiger partial charge < -0.3 is 18.9 Å². The third kappa shape index (κ3) is 8.60. The highest BCUT2D eigenvalue weighted by Crippen LogP contribution is 2.37. The van der Waals surface area contributed by atoms with Crippen LogP contribution in [-0.4, -0.2) is 87.8 Å². The van der Waals surface area contributed by atoms with E-state index in [1.807, 2.05) is 72.5 Å². The summed E-state index contributed by atoms with van der Waals surface area (Å²) in [6, 6.07) is 26.9. The molecule has 8 rings (SSSR count). The first-order chi connectivity index (χ1) is 28.9. The second-order valence-corrected chi connectivity index (χ2v) is 15.5. The molecule has 2 saturated heterocycles. The van der Waals surface area contributed by atoms with E-state index in [1.165, 1.54) is 0 Å². The molecule has 2 aromatic heterocycles. The van der Waals surface area contributed by atoms with E-state index < -0.39 is 17.7 Å². The maximum Gasteiger partial charge on any atom is 0.416 e. The van der Waals surface area contributed by atoms with Gasteiger partial charge in [-0.3, -0.25) is 29.3 Å². The van der Waals surface area contributed by atoms with Crippen LogP contribution in [0, 0.1) is 6.92 Å². The maximum atomic E-state index is 13.3. The van der Waals surface area contributed by atoms with E-state index in [-0.39, 0.29) is 30.7 Å². The van der Waals surface area contributed by atoms with Gasteiger partial charge in [-0.25, -0.2) is 0 Å². The van der Waals surface area contributed by atoms with E-state index in [9.17, 15) is 27.6 Å². The molecular weight excluding hydrogens is 774 g/mol. The van der Waals surface area contributed by atoms with E-state index in [1.54, 1.807) is 29.9 Å². The summed E-state index contributed by atoms with van der Waals surface area (Å²) in [4.78, 5) is 41.6. The van der Waals surface area contributed by atoms with Gasteiger partial charge in [-0.15, -0.1) is 0 Å². The number of fused-ring (bicyclic) bond motifs is 2. The summed E-state index contributed by atoms with van der Waals surface area (Å²) in [6.45, 7) is 6.72. The minimum Gasteiger partial charge on any atom is -0.494 e. The molecule has 0 aliphatic carbocycles. The molecule has 3 amide bonds. The summed E-state index contributed by atoms with van der Waals surface area (Å²) in [7, 11) is 1.78. The number of alkyl halides is 3. The molecule has 6 aromatic rings. The SMILES string of the molecule is Cc1c(-c2ccc(C(F)(F)F)cc2)n(Cc2ccc(OCCCCN3CCN(C(=O)COc4cccc5c(C6CCC(=O)NC6=O)nn(C)c45)CC3)cc2)c2ccccc12. The smallest absolute Gasteiger partial charge is 0.416 e. The lowest BCUT2D eigenvalue weighted by atomic mass is 9.93. The van der Waals surface area contributed by atoms with Gasteiger partial charge in [0.15, 0.2) is 6.61 Å². The predicted molar refractivity (Wildman–Crippen MR) is 222 cm³/mol. The number of nitrogens with zero attached hydrogens (tertiary/aromatic N) is 5. The van der Waals surface area contributed by atoms with Crippen molar-refractivity contribution in [2.45, 2.75) is 51.2 Å². The van der Waals surface area contributed by atoms with Crippen molar-refractivity contribution in [1.29, 1.82) is 0 Å². The zero-order valence-electron chi connectivity index (χ0n) is 33.6. The molecule has 1 N–H and O–H groups in total. The number of aryl methyl sites for hydroxylation is 2. The number of amides is 3. The number of imide groups is 1. The fourth-order valence-electron chi connectivity index (χ4n) is 8.44. The number of nitrogens with one attached hydrogen (secondary N) is 1. The van der Waals surface area contributed by atoms with Gasteiger partial charge in [-0.05, 0) is 85.8 Å². The first-order valence-corrected chi connectivity index (χ1v) is 20.3. The number of carbonyl (C=O) groups excluding carboxylic acids is 3. The third-order valence-electron chi connectivity index (χ3n) is 11.6. The van der Waals surface area contributed by atoms with Gasteiger partial charge in [0.05, 0.1) is 29.5 Å². The number of unbranched alkanes of at least 4 members (excludes halogenated alkanes) is 1. The molecule has 0 radical (unpaired) electrons. The highest BCUT2D eigenvalue weighted by atomic mass is 19.4. The average Bonchev–Trinajstić information content (AvgIpc) is 3.73. The average molecular weight is 821 g/mol. The fraction of sp³-hybridized carbons (Fsp3) is 0.348. The zero-order valence-corrected chi connectivity index (χ0v) is 33.6. The lowest BCUT2D eigenvalue weighted by molar-refractivity contribution is -0.138. The molecular formula is C46H47F3N6O5. The van der Waals surface area contributed by atoms with Crippen LogP contribution in [0.3, 0.4) is 0 Å². The molecule has 1 atom stereocenters. The van der Waals surface area contributed by atoms with Gasteiger partial charge in [-0.2, -0.15) is 18.3 Å². The van der Waals surface area contributed by atoms with E-state index in [2.05, 4.69) is 19.9 Å². The number of halogens is 3. The number of benzene rings is 4. The number of ether oxygens (including phenoxy) is 2. The number of aromatic nitrogens is 3. The van der Waals surface area contributed by atoms with E-state index in [4.69, 9.17) is 9.47 Å². The minimum atomic E-state index is -4.39. The predicted octanol–water partition coefficient (Wildman–Crippen LogP) is 7.47. The Balaban J connectivity index is 0.780. The lowest BCUT2D eigenvalue weighted by Gasteiger charge is -2.34. The highest BCUT2D eigenvalue weighted by molar-refractivity contribution is 6.03. The first-order valence-electron chi connectivity index (χ1n) is 20.3. The Kier molecular flexibility index (Phi) is 11.7. The molecule has 60 heavy (non-hydrogen) atoms. The number of piperidine rings is 1. The molecule has 2 aliphatic heterocycles. The van der Waals surface area contributed by atoms with Gasteiger partial charge >= 0.3 is 6.18 Å². The Hall–Kier alpha value is -6.15. The van der Waals surface area contributed by atoms with Gasteiger partial charge in [0.2, 0.25) is 11.8 Å². The second-order valence-electron chi connectivity index (χ2n) is 15.5. The van der Waals surface area contributed by atoms with Crippen molar-refractivity contribution in [1.82, 2.24) is 29.5 Å². The molecule has 4 heterocycles. The largest absolute Gasteiger partial charge is 0.494 e. The third-order valence-corrected chi connectivity index (χ3v) is 11.6. The molecule has 0 bridgehead atoms. The van der Waals surface area contributed by atoms with E-state index >= 15 is 0 Å². The minimum absolute atomic E-state index is 0.0879. The monoisotopic (exact) mass is 820 g/mol. The Bertz CT molecular complexity index is 2520. The highest BCUT2D eigenvalue weighted by Gasteiger charge is 2.33. The van der Waals surface area contributed by atoms with Gasteiger partial charge in [-0.1, -0.05) is 54.6 Å². The summed E-state index contributed by atoms with van der Waals surface area (Å²) in [5.41, 5.74) is 5.34. The zero-order chi connectivity index (χ0) is 42.0. The van der Waals surface area contributed by atoms with Crippen LogP contribution in [0.25, 0.3) is 33.1 Å². The van der Waals surface area contributed by atoms with Crippen LogP contribution in [0.4, 0.5) is 13.2 Å². The van der Waals surface area contributed by atoms with Crippen LogP contribution >= 0.6 is 0 Å². The van der Waals surface area contributed by atoms with Crippen molar-refractivity contribution in [3.05, 3.63) is 113 Å². The van der Waals surface area contributed by atoms with Crippen molar-refractivity contribution in [3.8, 4) is 22.8 Å². The first kappa shape index (κ1) is 40.6. The fourth-order valence-corrected chi connectivity index (χ4v) is 8.44. The summed E-state index contributed by atoms with van der Waals surface area (Å²) in [5, 5.41) is 8.83. The molecule has 2 aliphatic rings. The van der Waals surface area contributed by atoms with Gasteiger partial charge in [0.1, 0.15) is 17.0 Å². The molecule has 0 saturated carbocycles. The molecule has 2 fully saturated rings. The van der Waals surface area contributed by atoms with Crippen LogP contribution in [0.1, 0.15) is 54.0 Å². The summed E-state index contributed by atoms with van der Waals surface area (Å²) >= 11 is 0.